The first-order chi connectivity index (χ1) is 11.0. The molecule has 2 amide bonds. The molecular weight excluding hydrogens is 330 g/mol. The molecule has 3 atom stereocenters. The Morgan fingerprint density at radius 3 is 3.09 bits per heavy atom. The Bertz CT molecular complexity index is 674. The van der Waals surface area contributed by atoms with E-state index in [0.717, 1.165) is 25.0 Å². The van der Waals surface area contributed by atoms with E-state index >= 15 is 0 Å². The number of fused-ring (bicyclic) bond motifs is 2. The average Bonchev–Trinajstić information content (AvgIpc) is 3.12. The average molecular weight is 351 g/mol. The number of rotatable bonds is 2. The van der Waals surface area contributed by atoms with E-state index in [9.17, 15) is 9.59 Å². The molecule has 3 heterocycles. The van der Waals surface area contributed by atoms with Gasteiger partial charge < -0.3 is 10.2 Å². The smallest absolute Gasteiger partial charge is 0.249 e. The number of aromatic nitrogens is 1. The van der Waals surface area contributed by atoms with Crippen molar-refractivity contribution in [3.63, 3.8) is 0 Å². The number of carbonyl (C=O) groups is 2. The lowest BCUT2D eigenvalue weighted by atomic mass is 9.93. The number of anilines is 1. The van der Waals surface area contributed by atoms with Gasteiger partial charge in [-0.2, -0.15) is 0 Å². The van der Waals surface area contributed by atoms with Crippen molar-refractivity contribution in [3.8, 4) is 0 Å². The fraction of sp³-hybridized carbons (Fsp3) is 0.688. The molecule has 0 saturated carbocycles. The molecule has 1 N–H and O–H groups in total. The minimum Gasteiger partial charge on any atom is -0.315 e. The number of thioether (sulfide) groups is 1. The number of carbonyl (C=O) groups excluding carboxylic acids is 2. The molecule has 1 aromatic heterocycles. The molecule has 3 aliphatic rings. The van der Waals surface area contributed by atoms with Crippen molar-refractivity contribution in [2.75, 3.05) is 11.1 Å². The molecule has 1 aromatic rings. The van der Waals surface area contributed by atoms with Gasteiger partial charge in [-0.3, -0.25) is 9.59 Å². The van der Waals surface area contributed by atoms with Gasteiger partial charge in [0.1, 0.15) is 6.04 Å². The highest BCUT2D eigenvalue weighted by Gasteiger charge is 2.53. The number of aryl methyl sites for hydroxylation is 1. The third kappa shape index (κ3) is 2.58. The standard InChI is InChI=1S/C16H21N3O2S2/c1-9-3-4-10-12(7-9)23-15(17-10)18-14(21)11-8-22-16(2)6-5-13(20)19(11)16/h9,11H,3-8H2,1-2H3,(H,17,18,21)/t9-,11+,16+/m1/s1. The molecule has 0 spiro atoms. The molecule has 7 heteroatoms. The number of nitrogens with zero attached hydrogens (tertiary/aromatic N) is 2. The van der Waals surface area contributed by atoms with Crippen LogP contribution in [0.3, 0.4) is 0 Å². The van der Waals surface area contributed by atoms with Gasteiger partial charge >= 0.3 is 0 Å². The van der Waals surface area contributed by atoms with Crippen LogP contribution in [0.4, 0.5) is 5.13 Å². The number of hydrogen-bond acceptors (Lipinski definition) is 5. The normalized spacial score (nSPS) is 32.8. The molecule has 0 aromatic carbocycles. The van der Waals surface area contributed by atoms with E-state index in [4.69, 9.17) is 0 Å². The summed E-state index contributed by atoms with van der Waals surface area (Å²) in [5.41, 5.74) is 1.14. The molecule has 2 saturated heterocycles. The van der Waals surface area contributed by atoms with Crippen molar-refractivity contribution < 1.29 is 9.59 Å². The van der Waals surface area contributed by atoms with E-state index < -0.39 is 0 Å². The lowest BCUT2D eigenvalue weighted by Crippen LogP contribution is -2.48. The zero-order valence-electron chi connectivity index (χ0n) is 13.4. The van der Waals surface area contributed by atoms with E-state index in [-0.39, 0.29) is 22.7 Å². The quantitative estimate of drug-likeness (QED) is 0.890. The van der Waals surface area contributed by atoms with Crippen molar-refractivity contribution in [1.82, 2.24) is 9.88 Å². The van der Waals surface area contributed by atoms with Crippen LogP contribution < -0.4 is 5.32 Å². The van der Waals surface area contributed by atoms with Gasteiger partial charge in [0.2, 0.25) is 11.8 Å². The van der Waals surface area contributed by atoms with Crippen molar-refractivity contribution in [1.29, 1.82) is 0 Å². The molecule has 0 bridgehead atoms. The number of thiazole rings is 1. The maximum absolute atomic E-state index is 12.7. The largest absolute Gasteiger partial charge is 0.315 e. The van der Waals surface area contributed by atoms with Crippen LogP contribution in [0.15, 0.2) is 0 Å². The monoisotopic (exact) mass is 351 g/mol. The van der Waals surface area contributed by atoms with E-state index in [1.807, 2.05) is 0 Å². The summed E-state index contributed by atoms with van der Waals surface area (Å²) < 4.78 is 0. The summed E-state index contributed by atoms with van der Waals surface area (Å²) in [6.07, 6.45) is 4.63. The van der Waals surface area contributed by atoms with Crippen LogP contribution in [0.1, 0.15) is 43.7 Å². The van der Waals surface area contributed by atoms with Crippen LogP contribution in [-0.2, 0) is 22.4 Å². The first-order valence-electron chi connectivity index (χ1n) is 8.22. The summed E-state index contributed by atoms with van der Waals surface area (Å²) in [7, 11) is 0. The summed E-state index contributed by atoms with van der Waals surface area (Å²) in [5, 5.41) is 3.66. The lowest BCUT2D eigenvalue weighted by molar-refractivity contribution is -0.135. The highest BCUT2D eigenvalue weighted by atomic mass is 32.2. The van der Waals surface area contributed by atoms with E-state index in [0.29, 0.717) is 23.2 Å². The van der Waals surface area contributed by atoms with Gasteiger partial charge in [0.15, 0.2) is 5.13 Å². The molecule has 5 nitrogen and oxygen atoms in total. The molecule has 2 fully saturated rings. The molecule has 2 aliphatic heterocycles. The summed E-state index contributed by atoms with van der Waals surface area (Å²) in [5.74, 6) is 1.39. The number of nitrogens with one attached hydrogen (secondary N) is 1. The minimum atomic E-state index is -0.361. The van der Waals surface area contributed by atoms with Crippen LogP contribution in [0.5, 0.6) is 0 Å². The van der Waals surface area contributed by atoms with Crippen molar-refractivity contribution in [2.24, 2.45) is 5.92 Å². The summed E-state index contributed by atoms with van der Waals surface area (Å²) in [4.78, 5) is 32.3. The fourth-order valence-corrected chi connectivity index (χ4v) is 6.40. The zero-order chi connectivity index (χ0) is 16.2. The Balaban J connectivity index is 1.49. The van der Waals surface area contributed by atoms with Crippen molar-refractivity contribution in [3.05, 3.63) is 10.6 Å². The molecule has 124 valence electrons. The first kappa shape index (κ1) is 15.4. The highest BCUT2D eigenvalue weighted by molar-refractivity contribution is 8.01. The van der Waals surface area contributed by atoms with Crippen LogP contribution in [0.2, 0.25) is 0 Å². The molecule has 4 rings (SSSR count). The van der Waals surface area contributed by atoms with Crippen LogP contribution in [-0.4, -0.2) is 38.4 Å². The molecule has 1 aliphatic carbocycles. The van der Waals surface area contributed by atoms with E-state index in [2.05, 4.69) is 24.1 Å². The second-order valence-corrected chi connectivity index (χ2v) is 9.58. The van der Waals surface area contributed by atoms with Gasteiger partial charge in [0.25, 0.3) is 0 Å². The zero-order valence-corrected chi connectivity index (χ0v) is 15.1. The molecule has 0 unspecified atom stereocenters. The van der Waals surface area contributed by atoms with Gasteiger partial charge in [-0.15, -0.1) is 23.1 Å². The summed E-state index contributed by atoms with van der Waals surface area (Å²) in [6.45, 7) is 4.33. The SMILES string of the molecule is C[C@@H]1CCc2nc(NC(=O)[C@@H]3CS[C@@]4(C)CCC(=O)N34)sc2C1. The predicted octanol–water partition coefficient (Wildman–Crippen LogP) is 2.66. The molecule has 0 radical (unpaired) electrons. The first-order valence-corrected chi connectivity index (χ1v) is 10.0. The Morgan fingerprint density at radius 2 is 2.26 bits per heavy atom. The lowest BCUT2D eigenvalue weighted by Gasteiger charge is -2.29. The highest BCUT2D eigenvalue weighted by Crippen LogP contribution is 2.47. The fourth-order valence-electron chi connectivity index (χ4n) is 3.80. The van der Waals surface area contributed by atoms with Crippen molar-refractivity contribution in [2.45, 2.75) is 56.9 Å². The molecular formula is C16H21N3O2S2. The number of hydrogen-bond donors (Lipinski definition) is 1. The van der Waals surface area contributed by atoms with E-state index in [1.54, 1.807) is 28.0 Å². The Kier molecular flexibility index (Phi) is 3.68. The third-order valence-electron chi connectivity index (χ3n) is 5.16. The van der Waals surface area contributed by atoms with Gasteiger partial charge in [-0.05, 0) is 38.5 Å². The minimum absolute atomic E-state index is 0.0874. The Labute approximate surface area is 144 Å². The topological polar surface area (TPSA) is 62.3 Å². The van der Waals surface area contributed by atoms with Gasteiger partial charge in [-0.1, -0.05) is 6.92 Å². The molecule has 23 heavy (non-hydrogen) atoms. The maximum atomic E-state index is 12.7. The van der Waals surface area contributed by atoms with Gasteiger partial charge in [0.05, 0.1) is 10.6 Å². The van der Waals surface area contributed by atoms with Crippen LogP contribution in [0.25, 0.3) is 0 Å². The predicted molar refractivity (Wildman–Crippen MR) is 92.7 cm³/mol. The summed E-state index contributed by atoms with van der Waals surface area (Å²) in [6, 6.07) is -0.361. The van der Waals surface area contributed by atoms with E-state index in [1.165, 1.54) is 11.3 Å². The Hall–Kier alpha value is -1.08. The maximum Gasteiger partial charge on any atom is 0.249 e. The third-order valence-corrected chi connectivity index (χ3v) is 7.70. The number of amides is 2. The van der Waals surface area contributed by atoms with Gasteiger partial charge in [-0.25, -0.2) is 4.98 Å². The Morgan fingerprint density at radius 1 is 1.43 bits per heavy atom. The second kappa shape index (κ2) is 5.48. The van der Waals surface area contributed by atoms with Gasteiger partial charge in [0, 0.05) is 17.1 Å². The summed E-state index contributed by atoms with van der Waals surface area (Å²) >= 11 is 3.32. The second-order valence-electron chi connectivity index (χ2n) is 6.99. The van der Waals surface area contributed by atoms with Crippen molar-refractivity contribution >= 4 is 40.0 Å². The van der Waals surface area contributed by atoms with Crippen LogP contribution in [0, 0.1) is 5.92 Å². The van der Waals surface area contributed by atoms with Crippen LogP contribution >= 0.6 is 23.1 Å².